The van der Waals surface area contributed by atoms with Gasteiger partial charge in [-0.2, -0.15) is 0 Å². The third-order valence-corrected chi connectivity index (χ3v) is 3.06. The maximum absolute atomic E-state index is 14.5. The van der Waals surface area contributed by atoms with Crippen molar-refractivity contribution in [3.8, 4) is 0 Å². The molecule has 2 atom stereocenters. The van der Waals surface area contributed by atoms with Crippen LogP contribution < -0.4 is 5.32 Å². The molecule has 0 aromatic heterocycles. The molecule has 17 heavy (non-hydrogen) atoms. The number of nitrogens with one attached hydrogen (secondary N) is 1. The molecule has 0 radical (unpaired) electrons. The minimum absolute atomic E-state index is 0.0571. The van der Waals surface area contributed by atoms with Crippen LogP contribution in [-0.2, 0) is 10.4 Å². The normalized spacial score (nSPS) is 24.3. The summed E-state index contributed by atoms with van der Waals surface area (Å²) < 4.78 is 33.4. The molecule has 0 amide bonds. The molecule has 1 aromatic rings. The van der Waals surface area contributed by atoms with Crippen LogP contribution in [0.4, 0.5) is 8.78 Å². The largest absolute Gasteiger partial charge is 0.379 e. The average molecular weight is 241 g/mol. The van der Waals surface area contributed by atoms with Gasteiger partial charge < -0.3 is 10.1 Å². The summed E-state index contributed by atoms with van der Waals surface area (Å²) in [6, 6.07) is 5.95. The van der Waals surface area contributed by atoms with Crippen molar-refractivity contribution in [2.24, 2.45) is 0 Å². The van der Waals surface area contributed by atoms with Gasteiger partial charge in [0.15, 0.2) is 0 Å². The minimum Gasteiger partial charge on any atom is -0.379 e. The van der Waals surface area contributed by atoms with Crippen molar-refractivity contribution in [3.05, 3.63) is 35.6 Å². The Kier molecular flexibility index (Phi) is 3.74. The molecule has 1 fully saturated rings. The number of ether oxygens (including phenoxy) is 1. The van der Waals surface area contributed by atoms with Crippen LogP contribution in [0.25, 0.3) is 0 Å². The molecule has 1 N–H and O–H groups in total. The Bertz CT molecular complexity index is 375. The molecule has 0 spiro atoms. The van der Waals surface area contributed by atoms with Crippen LogP contribution in [0.2, 0.25) is 0 Å². The number of benzene rings is 1. The number of rotatable bonds is 3. The van der Waals surface area contributed by atoms with E-state index in [2.05, 4.69) is 5.32 Å². The van der Waals surface area contributed by atoms with E-state index in [1.54, 1.807) is 12.1 Å². The summed E-state index contributed by atoms with van der Waals surface area (Å²) in [6.45, 7) is 3.27. The molecule has 2 unspecified atom stereocenters. The molecule has 0 saturated carbocycles. The lowest BCUT2D eigenvalue weighted by Crippen LogP contribution is -2.44. The molecule has 2 nitrogen and oxygen atoms in total. The Hall–Kier alpha value is -1.00. The van der Waals surface area contributed by atoms with Crippen molar-refractivity contribution in [2.45, 2.75) is 25.1 Å². The van der Waals surface area contributed by atoms with Crippen molar-refractivity contribution in [2.75, 3.05) is 19.8 Å². The third-order valence-electron chi connectivity index (χ3n) is 3.06. The van der Waals surface area contributed by atoms with Gasteiger partial charge >= 0.3 is 0 Å². The van der Waals surface area contributed by atoms with Gasteiger partial charge in [-0.05, 0) is 13.0 Å². The van der Waals surface area contributed by atoms with Crippen LogP contribution in [0, 0.1) is 5.82 Å². The zero-order chi connectivity index (χ0) is 12.3. The van der Waals surface area contributed by atoms with Crippen molar-refractivity contribution in [1.29, 1.82) is 0 Å². The molecule has 4 heteroatoms. The fourth-order valence-electron chi connectivity index (χ4n) is 2.21. The van der Waals surface area contributed by atoms with Crippen molar-refractivity contribution in [1.82, 2.24) is 5.32 Å². The predicted octanol–water partition coefficient (Wildman–Crippen LogP) is 2.39. The lowest BCUT2D eigenvalue weighted by Gasteiger charge is -2.30. The highest BCUT2D eigenvalue weighted by Gasteiger charge is 2.32. The van der Waals surface area contributed by atoms with Crippen LogP contribution in [0.5, 0.6) is 0 Å². The van der Waals surface area contributed by atoms with Crippen LogP contribution in [0.3, 0.4) is 0 Å². The number of halogens is 2. The highest BCUT2D eigenvalue weighted by molar-refractivity contribution is 5.24. The first-order valence-corrected chi connectivity index (χ1v) is 5.84. The first kappa shape index (κ1) is 12.5. The van der Waals surface area contributed by atoms with Crippen molar-refractivity contribution in [3.63, 3.8) is 0 Å². The number of alkyl halides is 1. The standard InChI is InChI=1S/C13H17F2NO/c1-13(15,8-10-9-17-7-6-16-10)11-4-2-3-5-12(11)14/h2-5,10,16H,6-9H2,1H3. The summed E-state index contributed by atoms with van der Waals surface area (Å²) in [5.74, 6) is -0.491. The van der Waals surface area contributed by atoms with E-state index in [-0.39, 0.29) is 18.0 Å². The lowest BCUT2D eigenvalue weighted by atomic mass is 9.90. The molecule has 94 valence electrons. The zero-order valence-electron chi connectivity index (χ0n) is 9.88. The first-order chi connectivity index (χ1) is 8.09. The first-order valence-electron chi connectivity index (χ1n) is 5.84. The SMILES string of the molecule is CC(F)(CC1COCCN1)c1ccccc1F. The van der Waals surface area contributed by atoms with E-state index in [1.807, 2.05) is 0 Å². The minimum atomic E-state index is -1.68. The van der Waals surface area contributed by atoms with Crippen molar-refractivity contribution < 1.29 is 13.5 Å². The maximum Gasteiger partial charge on any atom is 0.137 e. The molecule has 0 bridgehead atoms. The van der Waals surface area contributed by atoms with Gasteiger partial charge in [-0.25, -0.2) is 8.78 Å². The maximum atomic E-state index is 14.5. The Morgan fingerprint density at radius 3 is 2.88 bits per heavy atom. The predicted molar refractivity (Wildman–Crippen MR) is 62.1 cm³/mol. The number of hydrogen-bond donors (Lipinski definition) is 1. The lowest BCUT2D eigenvalue weighted by molar-refractivity contribution is 0.0465. The van der Waals surface area contributed by atoms with E-state index in [1.165, 1.54) is 19.1 Å². The van der Waals surface area contributed by atoms with E-state index in [4.69, 9.17) is 4.74 Å². The van der Waals surface area contributed by atoms with Gasteiger partial charge in [-0.1, -0.05) is 18.2 Å². The van der Waals surface area contributed by atoms with E-state index >= 15 is 0 Å². The number of morpholine rings is 1. The summed E-state index contributed by atoms with van der Waals surface area (Å²) in [5, 5.41) is 3.18. The fraction of sp³-hybridized carbons (Fsp3) is 0.538. The van der Waals surface area contributed by atoms with Crippen molar-refractivity contribution >= 4 is 0 Å². The second-order valence-corrected chi connectivity index (χ2v) is 4.61. The zero-order valence-corrected chi connectivity index (χ0v) is 9.88. The topological polar surface area (TPSA) is 21.3 Å². The summed E-state index contributed by atoms with van der Waals surface area (Å²) in [4.78, 5) is 0. The molecule has 0 aliphatic carbocycles. The number of hydrogen-bond acceptors (Lipinski definition) is 2. The van der Waals surface area contributed by atoms with Gasteiger partial charge in [-0.15, -0.1) is 0 Å². The fourth-order valence-corrected chi connectivity index (χ4v) is 2.21. The van der Waals surface area contributed by atoms with Gasteiger partial charge in [0.2, 0.25) is 0 Å². The Morgan fingerprint density at radius 1 is 1.47 bits per heavy atom. The van der Waals surface area contributed by atoms with Crippen LogP contribution in [0.15, 0.2) is 24.3 Å². The Labute approximate surface area is 100.0 Å². The molecule has 1 aliphatic heterocycles. The molecule has 2 rings (SSSR count). The summed E-state index contributed by atoms with van der Waals surface area (Å²) in [6.07, 6.45) is 0.216. The molecule has 1 heterocycles. The monoisotopic (exact) mass is 241 g/mol. The van der Waals surface area contributed by atoms with Gasteiger partial charge in [0.1, 0.15) is 11.5 Å². The van der Waals surface area contributed by atoms with Gasteiger partial charge in [0, 0.05) is 24.6 Å². The molecule has 1 aliphatic rings. The van der Waals surface area contributed by atoms with Gasteiger partial charge in [-0.3, -0.25) is 0 Å². The second-order valence-electron chi connectivity index (χ2n) is 4.61. The highest BCUT2D eigenvalue weighted by atomic mass is 19.1. The molecule has 1 aromatic carbocycles. The highest BCUT2D eigenvalue weighted by Crippen LogP contribution is 2.32. The quantitative estimate of drug-likeness (QED) is 0.877. The van der Waals surface area contributed by atoms with Crippen LogP contribution >= 0.6 is 0 Å². The van der Waals surface area contributed by atoms with E-state index in [0.717, 1.165) is 6.54 Å². The van der Waals surface area contributed by atoms with Crippen LogP contribution in [-0.4, -0.2) is 25.8 Å². The van der Waals surface area contributed by atoms with Gasteiger partial charge in [0.25, 0.3) is 0 Å². The molecular weight excluding hydrogens is 224 g/mol. The van der Waals surface area contributed by atoms with E-state index in [0.29, 0.717) is 13.2 Å². The Balaban J connectivity index is 2.10. The summed E-state index contributed by atoms with van der Waals surface area (Å²) in [7, 11) is 0. The average Bonchev–Trinajstić information content (AvgIpc) is 2.30. The summed E-state index contributed by atoms with van der Waals surface area (Å²) >= 11 is 0. The summed E-state index contributed by atoms with van der Waals surface area (Å²) in [5.41, 5.74) is -1.56. The second kappa shape index (κ2) is 5.10. The molecule has 1 saturated heterocycles. The Morgan fingerprint density at radius 2 is 2.24 bits per heavy atom. The molecular formula is C13H17F2NO. The third kappa shape index (κ3) is 3.01. The van der Waals surface area contributed by atoms with E-state index < -0.39 is 11.5 Å². The van der Waals surface area contributed by atoms with Gasteiger partial charge in [0.05, 0.1) is 13.2 Å². The smallest absolute Gasteiger partial charge is 0.137 e. The van der Waals surface area contributed by atoms with E-state index in [9.17, 15) is 8.78 Å². The van der Waals surface area contributed by atoms with Crippen LogP contribution in [0.1, 0.15) is 18.9 Å².